The number of rotatable bonds is 6. The Morgan fingerprint density at radius 2 is 2.05 bits per heavy atom. The Labute approximate surface area is 121 Å². The van der Waals surface area contributed by atoms with Gasteiger partial charge in [0, 0.05) is 11.7 Å². The molecule has 6 nitrogen and oxygen atoms in total. The Morgan fingerprint density at radius 1 is 1.40 bits per heavy atom. The molecule has 0 saturated heterocycles. The summed E-state index contributed by atoms with van der Waals surface area (Å²) in [6.07, 6.45) is 0. The highest BCUT2D eigenvalue weighted by Crippen LogP contribution is 2.19. The van der Waals surface area contributed by atoms with Crippen molar-refractivity contribution in [3.05, 3.63) is 29.0 Å². The Hall–Kier alpha value is -1.22. The number of amides is 1. The molecule has 20 heavy (non-hydrogen) atoms. The highest BCUT2D eigenvalue weighted by molar-refractivity contribution is 7.87. The smallest absolute Gasteiger partial charge is 0.277 e. The molecule has 9 heteroatoms. The van der Waals surface area contributed by atoms with Gasteiger partial charge in [0.1, 0.15) is 5.82 Å². The molecule has 0 aliphatic carbocycles. The summed E-state index contributed by atoms with van der Waals surface area (Å²) in [6.45, 7) is 2.86. The Balaban J connectivity index is 2.54. The number of carbonyl (C=O) groups excluding carboxylic acids is 1. The minimum atomic E-state index is -3.73. The van der Waals surface area contributed by atoms with Crippen LogP contribution in [0.3, 0.4) is 0 Å². The molecule has 0 unspecified atom stereocenters. The fourth-order valence-electron chi connectivity index (χ4n) is 1.29. The van der Waals surface area contributed by atoms with Gasteiger partial charge in [-0.05, 0) is 32.0 Å². The molecule has 3 N–H and O–H groups in total. The van der Waals surface area contributed by atoms with Gasteiger partial charge in [-0.1, -0.05) is 11.6 Å². The second kappa shape index (κ2) is 6.98. The number of anilines is 1. The fourth-order valence-corrected chi connectivity index (χ4v) is 2.50. The van der Waals surface area contributed by atoms with Gasteiger partial charge in [0.2, 0.25) is 5.91 Å². The van der Waals surface area contributed by atoms with Crippen LogP contribution in [-0.2, 0) is 15.0 Å². The Morgan fingerprint density at radius 3 is 2.60 bits per heavy atom. The molecule has 1 amide bonds. The zero-order valence-electron chi connectivity index (χ0n) is 10.9. The van der Waals surface area contributed by atoms with Gasteiger partial charge in [-0.3, -0.25) is 4.79 Å². The molecule has 0 heterocycles. The van der Waals surface area contributed by atoms with E-state index in [1.54, 1.807) is 13.8 Å². The molecule has 0 atom stereocenters. The predicted octanol–water partition coefficient (Wildman–Crippen LogP) is 1.25. The van der Waals surface area contributed by atoms with E-state index in [0.717, 1.165) is 6.07 Å². The summed E-state index contributed by atoms with van der Waals surface area (Å²) in [5.41, 5.74) is 0.275. The highest BCUT2D eigenvalue weighted by atomic mass is 35.5. The lowest BCUT2D eigenvalue weighted by molar-refractivity contribution is -0.115. The number of benzene rings is 1. The van der Waals surface area contributed by atoms with E-state index in [0.29, 0.717) is 0 Å². The number of nitrogens with one attached hydrogen (secondary N) is 3. The lowest BCUT2D eigenvalue weighted by atomic mass is 10.3. The maximum atomic E-state index is 12.9. The number of hydrogen-bond acceptors (Lipinski definition) is 3. The summed E-state index contributed by atoms with van der Waals surface area (Å²) in [6, 6.07) is 3.37. The maximum absolute atomic E-state index is 12.9. The van der Waals surface area contributed by atoms with Crippen molar-refractivity contribution in [2.24, 2.45) is 0 Å². The number of hydrogen-bond donors (Lipinski definition) is 3. The van der Waals surface area contributed by atoms with Gasteiger partial charge in [-0.15, -0.1) is 0 Å². The highest BCUT2D eigenvalue weighted by Gasteiger charge is 2.13. The van der Waals surface area contributed by atoms with E-state index in [1.807, 2.05) is 0 Å². The van der Waals surface area contributed by atoms with Crippen LogP contribution >= 0.6 is 11.6 Å². The van der Waals surface area contributed by atoms with Crippen LogP contribution in [0.1, 0.15) is 13.8 Å². The van der Waals surface area contributed by atoms with Gasteiger partial charge >= 0.3 is 0 Å². The standard InChI is InChI=1S/C11H15ClFN3O3S/c1-7(2)16-20(18,19)14-6-11(17)15-8-3-4-10(13)9(12)5-8/h3-5,7,14,16H,6H2,1-2H3,(H,15,17). The van der Waals surface area contributed by atoms with Crippen molar-refractivity contribution in [3.63, 3.8) is 0 Å². The van der Waals surface area contributed by atoms with Gasteiger partial charge in [-0.2, -0.15) is 17.9 Å². The normalized spacial score (nSPS) is 11.7. The average Bonchev–Trinajstić information content (AvgIpc) is 2.30. The molecule has 0 radical (unpaired) electrons. The van der Waals surface area contributed by atoms with E-state index in [1.165, 1.54) is 12.1 Å². The Bertz CT molecular complexity index is 593. The van der Waals surface area contributed by atoms with Gasteiger partial charge in [0.25, 0.3) is 10.2 Å². The van der Waals surface area contributed by atoms with Crippen molar-refractivity contribution in [1.82, 2.24) is 9.44 Å². The third-order valence-electron chi connectivity index (χ3n) is 2.02. The SMILES string of the molecule is CC(C)NS(=O)(=O)NCC(=O)Nc1ccc(F)c(Cl)c1. The largest absolute Gasteiger partial charge is 0.325 e. The fraction of sp³-hybridized carbons (Fsp3) is 0.364. The summed E-state index contributed by atoms with van der Waals surface area (Å²) in [5, 5.41) is 2.26. The summed E-state index contributed by atoms with van der Waals surface area (Å²) < 4.78 is 40.1. The maximum Gasteiger partial charge on any atom is 0.277 e. The lowest BCUT2D eigenvalue weighted by Crippen LogP contribution is -2.43. The third kappa shape index (κ3) is 5.83. The van der Waals surface area contributed by atoms with E-state index < -0.39 is 28.5 Å². The zero-order chi connectivity index (χ0) is 15.3. The number of carbonyl (C=O) groups is 1. The molecule has 0 fully saturated rings. The van der Waals surface area contributed by atoms with Crippen LogP contribution in [0.25, 0.3) is 0 Å². The number of halogens is 2. The molecule has 0 saturated carbocycles. The average molecular weight is 324 g/mol. The topological polar surface area (TPSA) is 87.3 Å². The second-order valence-electron chi connectivity index (χ2n) is 4.27. The van der Waals surface area contributed by atoms with Crippen molar-refractivity contribution in [1.29, 1.82) is 0 Å². The summed E-state index contributed by atoms with van der Waals surface area (Å²) in [5.74, 6) is -1.20. The predicted molar refractivity (Wildman–Crippen MR) is 75.2 cm³/mol. The Kier molecular flexibility index (Phi) is 5.88. The third-order valence-corrected chi connectivity index (χ3v) is 3.61. The first kappa shape index (κ1) is 16.8. The molecule has 1 aromatic rings. The summed E-state index contributed by atoms with van der Waals surface area (Å²) in [7, 11) is -3.73. The molecule has 112 valence electrons. The van der Waals surface area contributed by atoms with Crippen LogP contribution in [0, 0.1) is 5.82 Å². The van der Waals surface area contributed by atoms with Gasteiger partial charge < -0.3 is 5.32 Å². The first-order valence-electron chi connectivity index (χ1n) is 5.71. The van der Waals surface area contributed by atoms with E-state index in [2.05, 4.69) is 14.8 Å². The van der Waals surface area contributed by atoms with Crippen LogP contribution in [0.5, 0.6) is 0 Å². The monoisotopic (exact) mass is 323 g/mol. The van der Waals surface area contributed by atoms with Crippen LogP contribution < -0.4 is 14.8 Å². The molecule has 0 spiro atoms. The lowest BCUT2D eigenvalue weighted by Gasteiger charge is -2.11. The zero-order valence-corrected chi connectivity index (χ0v) is 12.5. The summed E-state index contributed by atoms with van der Waals surface area (Å²) in [4.78, 5) is 11.5. The van der Waals surface area contributed by atoms with E-state index >= 15 is 0 Å². The minimum Gasteiger partial charge on any atom is -0.325 e. The van der Waals surface area contributed by atoms with Crippen LogP contribution in [-0.4, -0.2) is 26.9 Å². The van der Waals surface area contributed by atoms with Crippen molar-refractivity contribution >= 4 is 33.4 Å². The van der Waals surface area contributed by atoms with Crippen LogP contribution in [0.4, 0.5) is 10.1 Å². The quantitative estimate of drug-likeness (QED) is 0.736. The van der Waals surface area contributed by atoms with Gasteiger partial charge in [-0.25, -0.2) is 4.39 Å². The van der Waals surface area contributed by atoms with E-state index in [9.17, 15) is 17.6 Å². The molecule has 0 aromatic heterocycles. The van der Waals surface area contributed by atoms with Crippen molar-refractivity contribution < 1.29 is 17.6 Å². The molecule has 1 aromatic carbocycles. The molecule has 0 aliphatic heterocycles. The van der Waals surface area contributed by atoms with Crippen LogP contribution in [0.2, 0.25) is 5.02 Å². The minimum absolute atomic E-state index is 0.134. The van der Waals surface area contributed by atoms with Gasteiger partial charge in [0.05, 0.1) is 11.6 Å². The van der Waals surface area contributed by atoms with Crippen molar-refractivity contribution in [2.75, 3.05) is 11.9 Å². The van der Waals surface area contributed by atoms with E-state index in [4.69, 9.17) is 11.6 Å². The second-order valence-corrected chi connectivity index (χ2v) is 6.21. The van der Waals surface area contributed by atoms with Crippen molar-refractivity contribution in [3.8, 4) is 0 Å². The molecule has 1 rings (SSSR count). The molecular weight excluding hydrogens is 309 g/mol. The molecule has 0 bridgehead atoms. The first-order valence-corrected chi connectivity index (χ1v) is 7.57. The van der Waals surface area contributed by atoms with Gasteiger partial charge in [0.15, 0.2) is 0 Å². The molecule has 0 aliphatic rings. The van der Waals surface area contributed by atoms with E-state index in [-0.39, 0.29) is 16.8 Å². The molecular formula is C11H15ClFN3O3S. The first-order chi connectivity index (χ1) is 9.19. The summed E-state index contributed by atoms with van der Waals surface area (Å²) >= 11 is 5.56. The van der Waals surface area contributed by atoms with Crippen molar-refractivity contribution in [2.45, 2.75) is 19.9 Å². The van der Waals surface area contributed by atoms with Crippen LogP contribution in [0.15, 0.2) is 18.2 Å².